The zero-order chi connectivity index (χ0) is 17.4. The highest BCUT2D eigenvalue weighted by molar-refractivity contribution is 5.80. The Morgan fingerprint density at radius 3 is 2.28 bits per heavy atom. The van der Waals surface area contributed by atoms with Gasteiger partial charge >= 0.3 is 0 Å². The predicted octanol–water partition coefficient (Wildman–Crippen LogP) is 4.81. The summed E-state index contributed by atoms with van der Waals surface area (Å²) in [4.78, 5) is 15.1. The fourth-order valence-electron chi connectivity index (χ4n) is 4.86. The van der Waals surface area contributed by atoms with Crippen LogP contribution in [0, 0.1) is 23.6 Å². The Balaban J connectivity index is 1.65. The maximum Gasteiger partial charge on any atom is 0.226 e. The summed E-state index contributed by atoms with van der Waals surface area (Å²) in [5.74, 6) is 1.45. The smallest absolute Gasteiger partial charge is 0.226 e. The van der Waals surface area contributed by atoms with E-state index in [4.69, 9.17) is 0 Å². The molecule has 0 aliphatic heterocycles. The van der Waals surface area contributed by atoms with E-state index in [-0.39, 0.29) is 23.7 Å². The summed E-state index contributed by atoms with van der Waals surface area (Å²) >= 11 is 0. The molecule has 4 atom stereocenters. The van der Waals surface area contributed by atoms with E-state index in [1.807, 2.05) is 42.3 Å². The molecule has 0 saturated heterocycles. The van der Waals surface area contributed by atoms with Crippen LogP contribution in [0.2, 0.25) is 0 Å². The highest BCUT2D eigenvalue weighted by Crippen LogP contribution is 2.49. The topological polar surface area (TPSA) is 20.3 Å². The zero-order valence-electron chi connectivity index (χ0n) is 14.6. The molecule has 0 spiro atoms. The van der Waals surface area contributed by atoms with Gasteiger partial charge < -0.3 is 4.90 Å². The van der Waals surface area contributed by atoms with Gasteiger partial charge in [-0.1, -0.05) is 48.9 Å². The van der Waals surface area contributed by atoms with Gasteiger partial charge in [0.2, 0.25) is 5.91 Å². The van der Waals surface area contributed by atoms with Gasteiger partial charge in [-0.2, -0.15) is 0 Å². The minimum atomic E-state index is -0.252. The lowest BCUT2D eigenvalue weighted by atomic mass is 9.86. The van der Waals surface area contributed by atoms with Crippen molar-refractivity contribution >= 4 is 5.91 Å². The summed E-state index contributed by atoms with van der Waals surface area (Å²) < 4.78 is 13.4. The molecular formula is C22H24FNO. The normalized spacial score (nSPS) is 25.8. The number of benzene rings is 2. The average Bonchev–Trinajstić information content (AvgIpc) is 3.27. The fraction of sp³-hybridized carbons (Fsp3) is 0.409. The molecular weight excluding hydrogens is 313 g/mol. The van der Waals surface area contributed by atoms with Crippen LogP contribution in [-0.4, -0.2) is 17.9 Å². The lowest BCUT2D eigenvalue weighted by Gasteiger charge is -2.33. The number of carbonyl (C=O) groups is 1. The first-order valence-corrected chi connectivity index (χ1v) is 9.20. The average molecular weight is 337 g/mol. The lowest BCUT2D eigenvalue weighted by molar-refractivity contribution is -0.137. The van der Waals surface area contributed by atoms with Gasteiger partial charge in [-0.25, -0.2) is 4.39 Å². The summed E-state index contributed by atoms with van der Waals surface area (Å²) in [6.45, 7) is 0. The second-order valence-corrected chi connectivity index (χ2v) is 7.60. The summed E-state index contributed by atoms with van der Waals surface area (Å²) in [6, 6.07) is 16.4. The lowest BCUT2D eigenvalue weighted by Crippen LogP contribution is -2.38. The van der Waals surface area contributed by atoms with Crippen LogP contribution in [0.1, 0.15) is 42.9 Å². The SMILES string of the molecule is CN(C(=O)C1CC2CCC1C2)C(c1ccccc1)c1ccc(F)cc1. The van der Waals surface area contributed by atoms with Crippen LogP contribution < -0.4 is 0 Å². The molecule has 1 amide bonds. The van der Waals surface area contributed by atoms with E-state index in [0.717, 1.165) is 23.5 Å². The Morgan fingerprint density at radius 1 is 1.00 bits per heavy atom. The van der Waals surface area contributed by atoms with Crippen LogP contribution >= 0.6 is 0 Å². The molecule has 2 aromatic rings. The second-order valence-electron chi connectivity index (χ2n) is 7.60. The third-order valence-electron chi connectivity index (χ3n) is 6.09. The monoisotopic (exact) mass is 337 g/mol. The first kappa shape index (κ1) is 16.3. The molecule has 2 aliphatic carbocycles. The molecule has 2 aromatic carbocycles. The molecule has 0 heterocycles. The van der Waals surface area contributed by atoms with Gasteiger partial charge in [0.05, 0.1) is 6.04 Å². The number of hydrogen-bond acceptors (Lipinski definition) is 1. The summed E-state index contributed by atoms with van der Waals surface area (Å²) in [7, 11) is 1.90. The molecule has 25 heavy (non-hydrogen) atoms. The molecule has 4 rings (SSSR count). The third-order valence-corrected chi connectivity index (χ3v) is 6.09. The first-order valence-electron chi connectivity index (χ1n) is 9.20. The number of halogens is 1. The van der Waals surface area contributed by atoms with Crippen LogP contribution in [0.15, 0.2) is 54.6 Å². The van der Waals surface area contributed by atoms with Crippen molar-refractivity contribution in [2.45, 2.75) is 31.7 Å². The molecule has 2 nitrogen and oxygen atoms in total. The van der Waals surface area contributed by atoms with Crippen molar-refractivity contribution in [2.24, 2.45) is 17.8 Å². The highest BCUT2D eigenvalue weighted by Gasteiger charge is 2.44. The molecule has 2 aliphatic rings. The van der Waals surface area contributed by atoms with Gasteiger partial charge in [0.25, 0.3) is 0 Å². The first-order chi connectivity index (χ1) is 12.1. The second kappa shape index (κ2) is 6.62. The minimum Gasteiger partial charge on any atom is -0.334 e. The Hall–Kier alpha value is -2.16. The van der Waals surface area contributed by atoms with Crippen molar-refractivity contribution in [3.8, 4) is 0 Å². The quantitative estimate of drug-likeness (QED) is 0.784. The highest BCUT2D eigenvalue weighted by atomic mass is 19.1. The van der Waals surface area contributed by atoms with Gasteiger partial charge in [0.1, 0.15) is 5.82 Å². The summed E-state index contributed by atoms with van der Waals surface area (Å²) in [5.41, 5.74) is 2.01. The number of fused-ring (bicyclic) bond motifs is 2. The van der Waals surface area contributed by atoms with E-state index < -0.39 is 0 Å². The zero-order valence-corrected chi connectivity index (χ0v) is 14.6. The summed E-state index contributed by atoms with van der Waals surface area (Å²) in [6.07, 6.45) is 4.75. The third kappa shape index (κ3) is 3.08. The molecule has 130 valence electrons. The molecule has 0 N–H and O–H groups in total. The van der Waals surface area contributed by atoms with E-state index in [2.05, 4.69) is 0 Å². The van der Waals surface area contributed by atoms with E-state index in [9.17, 15) is 9.18 Å². The van der Waals surface area contributed by atoms with Gasteiger partial charge in [0.15, 0.2) is 0 Å². The molecule has 2 fully saturated rings. The Kier molecular flexibility index (Phi) is 4.32. The Labute approximate surface area is 148 Å². The number of rotatable bonds is 4. The van der Waals surface area contributed by atoms with Crippen LogP contribution in [-0.2, 0) is 4.79 Å². The molecule has 3 heteroatoms. The number of hydrogen-bond donors (Lipinski definition) is 0. The Morgan fingerprint density at radius 2 is 1.68 bits per heavy atom. The van der Waals surface area contributed by atoms with Crippen molar-refractivity contribution in [3.63, 3.8) is 0 Å². The standard InChI is InChI=1S/C22H24FNO/c1-24(22(25)20-14-15-7-8-18(20)13-15)21(16-5-3-2-4-6-16)17-9-11-19(23)12-10-17/h2-6,9-12,15,18,20-21H,7-8,13-14H2,1H3. The molecule has 0 radical (unpaired) electrons. The fourth-order valence-corrected chi connectivity index (χ4v) is 4.86. The van der Waals surface area contributed by atoms with Gasteiger partial charge in [-0.05, 0) is 54.4 Å². The molecule has 2 saturated carbocycles. The largest absolute Gasteiger partial charge is 0.334 e. The number of nitrogens with zero attached hydrogens (tertiary/aromatic N) is 1. The van der Waals surface area contributed by atoms with Crippen molar-refractivity contribution in [1.29, 1.82) is 0 Å². The van der Waals surface area contributed by atoms with Crippen molar-refractivity contribution in [1.82, 2.24) is 4.90 Å². The van der Waals surface area contributed by atoms with Gasteiger partial charge in [-0.3, -0.25) is 4.79 Å². The number of carbonyl (C=O) groups excluding carboxylic acids is 1. The van der Waals surface area contributed by atoms with Crippen molar-refractivity contribution < 1.29 is 9.18 Å². The van der Waals surface area contributed by atoms with Crippen LogP contribution in [0.5, 0.6) is 0 Å². The van der Waals surface area contributed by atoms with E-state index in [0.29, 0.717) is 5.92 Å². The molecule has 4 unspecified atom stereocenters. The maximum atomic E-state index is 13.4. The predicted molar refractivity (Wildman–Crippen MR) is 96.4 cm³/mol. The van der Waals surface area contributed by atoms with Crippen LogP contribution in [0.4, 0.5) is 4.39 Å². The molecule has 0 aromatic heterocycles. The van der Waals surface area contributed by atoms with Crippen LogP contribution in [0.3, 0.4) is 0 Å². The van der Waals surface area contributed by atoms with Gasteiger partial charge in [0, 0.05) is 13.0 Å². The van der Waals surface area contributed by atoms with Crippen molar-refractivity contribution in [3.05, 3.63) is 71.5 Å². The Bertz CT molecular complexity index is 742. The summed E-state index contributed by atoms with van der Waals surface area (Å²) in [5, 5.41) is 0. The van der Waals surface area contributed by atoms with Crippen LogP contribution in [0.25, 0.3) is 0 Å². The minimum absolute atomic E-state index is 0.162. The van der Waals surface area contributed by atoms with Crippen molar-refractivity contribution in [2.75, 3.05) is 7.05 Å². The molecule has 2 bridgehead atoms. The number of amides is 1. The van der Waals surface area contributed by atoms with Gasteiger partial charge in [-0.15, -0.1) is 0 Å². The van der Waals surface area contributed by atoms with E-state index in [1.165, 1.54) is 31.4 Å². The van der Waals surface area contributed by atoms with E-state index >= 15 is 0 Å². The van der Waals surface area contributed by atoms with E-state index in [1.54, 1.807) is 12.1 Å². The maximum absolute atomic E-state index is 13.4.